The Morgan fingerprint density at radius 2 is 2.00 bits per heavy atom. The van der Waals surface area contributed by atoms with E-state index in [1.165, 1.54) is 5.56 Å². The van der Waals surface area contributed by atoms with Crippen LogP contribution in [0.1, 0.15) is 17.2 Å². The Bertz CT molecular complexity index is 650. The number of ether oxygens (including phenoxy) is 3. The summed E-state index contributed by atoms with van der Waals surface area (Å²) in [7, 11) is 1.67. The molecule has 3 nitrogen and oxygen atoms in total. The summed E-state index contributed by atoms with van der Waals surface area (Å²) in [4.78, 5) is 0. The number of para-hydroxylation sites is 1. The third-order valence-electron chi connectivity index (χ3n) is 4.12. The first-order chi connectivity index (χ1) is 9.85. The molecular formula is C17H16O3. The van der Waals surface area contributed by atoms with Crippen LogP contribution in [0.2, 0.25) is 0 Å². The van der Waals surface area contributed by atoms with E-state index in [0.29, 0.717) is 12.5 Å². The fourth-order valence-corrected chi connectivity index (χ4v) is 3.07. The molecule has 0 amide bonds. The summed E-state index contributed by atoms with van der Waals surface area (Å²) in [5.74, 6) is 3.08. The van der Waals surface area contributed by atoms with Crippen LogP contribution in [0.4, 0.5) is 0 Å². The highest BCUT2D eigenvalue weighted by Gasteiger charge is 2.36. The quantitative estimate of drug-likeness (QED) is 0.793. The molecule has 3 heteroatoms. The molecule has 0 unspecified atom stereocenters. The average Bonchev–Trinajstić information content (AvgIpc) is 2.52. The fourth-order valence-electron chi connectivity index (χ4n) is 3.07. The van der Waals surface area contributed by atoms with Crippen LogP contribution >= 0.6 is 0 Å². The first-order valence-electron chi connectivity index (χ1n) is 6.90. The predicted octanol–water partition coefficient (Wildman–Crippen LogP) is 3.38. The number of rotatable bonds is 1. The van der Waals surface area contributed by atoms with Crippen LogP contribution in [-0.2, 0) is 6.42 Å². The van der Waals surface area contributed by atoms with Gasteiger partial charge in [0.15, 0.2) is 0 Å². The first kappa shape index (κ1) is 11.6. The van der Waals surface area contributed by atoms with Crippen molar-refractivity contribution in [3.63, 3.8) is 0 Å². The minimum Gasteiger partial charge on any atom is -0.497 e. The molecule has 2 aromatic carbocycles. The molecule has 0 radical (unpaired) electrons. The van der Waals surface area contributed by atoms with Gasteiger partial charge in [0.2, 0.25) is 0 Å². The largest absolute Gasteiger partial charge is 0.497 e. The Balaban J connectivity index is 1.74. The highest BCUT2D eigenvalue weighted by molar-refractivity contribution is 5.46. The maximum Gasteiger partial charge on any atom is 0.134 e. The van der Waals surface area contributed by atoms with Gasteiger partial charge in [0, 0.05) is 17.5 Å². The third-order valence-corrected chi connectivity index (χ3v) is 4.12. The lowest BCUT2D eigenvalue weighted by Crippen LogP contribution is -2.34. The van der Waals surface area contributed by atoms with Crippen LogP contribution in [-0.4, -0.2) is 13.7 Å². The van der Waals surface area contributed by atoms with Crippen LogP contribution in [0.25, 0.3) is 0 Å². The Hall–Kier alpha value is -2.16. The normalized spacial score (nSPS) is 22.6. The second-order valence-electron chi connectivity index (χ2n) is 5.33. The Kier molecular flexibility index (Phi) is 2.59. The smallest absolute Gasteiger partial charge is 0.134 e. The van der Waals surface area contributed by atoms with Gasteiger partial charge in [0.1, 0.15) is 23.4 Å². The van der Waals surface area contributed by atoms with Crippen molar-refractivity contribution in [1.82, 2.24) is 0 Å². The van der Waals surface area contributed by atoms with Crippen molar-refractivity contribution in [1.29, 1.82) is 0 Å². The van der Waals surface area contributed by atoms with E-state index in [0.717, 1.165) is 29.2 Å². The first-order valence-corrected chi connectivity index (χ1v) is 6.90. The maximum absolute atomic E-state index is 6.22. The molecule has 0 aromatic heterocycles. The second-order valence-corrected chi connectivity index (χ2v) is 5.33. The van der Waals surface area contributed by atoms with Crippen LogP contribution in [0.3, 0.4) is 0 Å². The monoisotopic (exact) mass is 268 g/mol. The molecule has 0 spiro atoms. The number of methoxy groups -OCH3 is 1. The van der Waals surface area contributed by atoms with E-state index < -0.39 is 0 Å². The Morgan fingerprint density at radius 3 is 2.90 bits per heavy atom. The van der Waals surface area contributed by atoms with Crippen molar-refractivity contribution in [2.75, 3.05) is 13.7 Å². The van der Waals surface area contributed by atoms with Crippen molar-refractivity contribution in [3.8, 4) is 17.2 Å². The van der Waals surface area contributed by atoms with Crippen LogP contribution in [0, 0.1) is 5.92 Å². The van der Waals surface area contributed by atoms with Crippen molar-refractivity contribution < 1.29 is 14.2 Å². The molecule has 102 valence electrons. The van der Waals surface area contributed by atoms with Gasteiger partial charge in [0.25, 0.3) is 0 Å². The van der Waals surface area contributed by atoms with Gasteiger partial charge in [-0.05, 0) is 30.2 Å². The van der Waals surface area contributed by atoms with Gasteiger partial charge < -0.3 is 14.2 Å². The standard InChI is InChI=1S/C17H16O3/c1-18-13-6-7-14-16(9-13)19-10-12-8-11-4-2-3-5-15(11)20-17(12)14/h2-7,9,12,17H,8,10H2,1H3/t12-,17-/m0/s1. The maximum atomic E-state index is 6.22. The zero-order valence-electron chi connectivity index (χ0n) is 11.3. The molecule has 2 heterocycles. The zero-order valence-corrected chi connectivity index (χ0v) is 11.3. The molecule has 4 rings (SSSR count). The predicted molar refractivity (Wildman–Crippen MR) is 75.5 cm³/mol. The summed E-state index contributed by atoms with van der Waals surface area (Å²) in [6, 6.07) is 14.2. The molecule has 2 aromatic rings. The van der Waals surface area contributed by atoms with Crippen molar-refractivity contribution in [2.45, 2.75) is 12.5 Å². The van der Waals surface area contributed by atoms with E-state index >= 15 is 0 Å². The highest BCUT2D eigenvalue weighted by atomic mass is 16.5. The SMILES string of the molecule is COc1ccc2c(c1)OC[C@@H]1Cc3ccccc3O[C@H]21. The molecule has 0 fully saturated rings. The number of hydrogen-bond acceptors (Lipinski definition) is 3. The third kappa shape index (κ3) is 1.73. The lowest BCUT2D eigenvalue weighted by Gasteiger charge is -2.38. The summed E-state index contributed by atoms with van der Waals surface area (Å²) in [6.45, 7) is 0.694. The van der Waals surface area contributed by atoms with Gasteiger partial charge in [-0.15, -0.1) is 0 Å². The van der Waals surface area contributed by atoms with Crippen molar-refractivity contribution in [2.24, 2.45) is 5.92 Å². The highest BCUT2D eigenvalue weighted by Crippen LogP contribution is 2.45. The second kappa shape index (κ2) is 4.44. The molecule has 0 saturated carbocycles. The lowest BCUT2D eigenvalue weighted by molar-refractivity contribution is 0.0542. The summed E-state index contributed by atoms with van der Waals surface area (Å²) in [5.41, 5.74) is 2.39. The lowest BCUT2D eigenvalue weighted by atomic mass is 9.85. The molecular weight excluding hydrogens is 252 g/mol. The van der Waals surface area contributed by atoms with E-state index in [4.69, 9.17) is 14.2 Å². The van der Waals surface area contributed by atoms with Crippen LogP contribution in [0.15, 0.2) is 42.5 Å². The number of benzene rings is 2. The van der Waals surface area contributed by atoms with Crippen molar-refractivity contribution >= 4 is 0 Å². The molecule has 0 bridgehead atoms. The minimum atomic E-state index is 0.0829. The number of fused-ring (bicyclic) bond motifs is 4. The molecule has 2 aliphatic rings. The molecule has 0 N–H and O–H groups in total. The fraction of sp³-hybridized carbons (Fsp3) is 0.294. The van der Waals surface area contributed by atoms with E-state index in [1.807, 2.05) is 24.3 Å². The summed E-state index contributed by atoms with van der Waals surface area (Å²) < 4.78 is 17.4. The summed E-state index contributed by atoms with van der Waals surface area (Å²) in [6.07, 6.45) is 1.09. The topological polar surface area (TPSA) is 27.7 Å². The molecule has 0 saturated heterocycles. The minimum absolute atomic E-state index is 0.0829. The molecule has 20 heavy (non-hydrogen) atoms. The van der Waals surface area contributed by atoms with Gasteiger partial charge >= 0.3 is 0 Å². The molecule has 2 atom stereocenters. The van der Waals surface area contributed by atoms with Gasteiger partial charge in [-0.1, -0.05) is 18.2 Å². The zero-order chi connectivity index (χ0) is 13.5. The van der Waals surface area contributed by atoms with E-state index in [-0.39, 0.29) is 6.10 Å². The Labute approximate surface area is 118 Å². The number of hydrogen-bond donors (Lipinski definition) is 0. The van der Waals surface area contributed by atoms with Crippen LogP contribution < -0.4 is 14.2 Å². The molecule has 0 aliphatic carbocycles. The summed E-state index contributed by atoms with van der Waals surface area (Å²) in [5, 5.41) is 0. The van der Waals surface area contributed by atoms with Gasteiger partial charge in [-0.3, -0.25) is 0 Å². The van der Waals surface area contributed by atoms with Crippen molar-refractivity contribution in [3.05, 3.63) is 53.6 Å². The van der Waals surface area contributed by atoms with E-state index in [9.17, 15) is 0 Å². The Morgan fingerprint density at radius 1 is 1.10 bits per heavy atom. The van der Waals surface area contributed by atoms with Gasteiger partial charge in [-0.2, -0.15) is 0 Å². The summed E-state index contributed by atoms with van der Waals surface area (Å²) >= 11 is 0. The van der Waals surface area contributed by atoms with E-state index in [1.54, 1.807) is 7.11 Å². The van der Waals surface area contributed by atoms with Gasteiger partial charge in [0.05, 0.1) is 13.7 Å². The van der Waals surface area contributed by atoms with Crippen LogP contribution in [0.5, 0.6) is 17.2 Å². The average molecular weight is 268 g/mol. The molecule has 2 aliphatic heterocycles. The van der Waals surface area contributed by atoms with E-state index in [2.05, 4.69) is 18.2 Å². The van der Waals surface area contributed by atoms with Gasteiger partial charge in [-0.25, -0.2) is 0 Å².